The average Bonchev–Trinajstić information content (AvgIpc) is 2.90. The SMILES string of the molecule is Cn1c(SCc2ccc(Br)cc2)nnc1-c1ccc(Cl)c(Cl)c1. The molecular weight excluding hydrogens is 417 g/mol. The first-order valence-corrected chi connectivity index (χ1v) is 9.30. The van der Waals surface area contributed by atoms with Crippen molar-refractivity contribution >= 4 is 50.9 Å². The number of hydrogen-bond acceptors (Lipinski definition) is 3. The zero-order chi connectivity index (χ0) is 16.4. The maximum Gasteiger partial charge on any atom is 0.191 e. The van der Waals surface area contributed by atoms with Crippen LogP contribution in [0.15, 0.2) is 52.1 Å². The van der Waals surface area contributed by atoms with Crippen LogP contribution in [0.25, 0.3) is 11.4 Å². The van der Waals surface area contributed by atoms with E-state index in [1.54, 1.807) is 23.9 Å². The molecule has 1 aromatic heterocycles. The minimum atomic E-state index is 0.510. The second kappa shape index (κ2) is 7.26. The molecule has 2 aromatic carbocycles. The van der Waals surface area contributed by atoms with Crippen molar-refractivity contribution in [1.82, 2.24) is 14.8 Å². The van der Waals surface area contributed by atoms with Crippen LogP contribution in [0.4, 0.5) is 0 Å². The highest BCUT2D eigenvalue weighted by atomic mass is 79.9. The van der Waals surface area contributed by atoms with E-state index in [0.29, 0.717) is 10.0 Å². The van der Waals surface area contributed by atoms with Crippen LogP contribution < -0.4 is 0 Å². The normalized spacial score (nSPS) is 11.0. The molecule has 0 aliphatic carbocycles. The lowest BCUT2D eigenvalue weighted by atomic mass is 10.2. The third kappa shape index (κ3) is 3.91. The van der Waals surface area contributed by atoms with Crippen molar-refractivity contribution in [2.45, 2.75) is 10.9 Å². The van der Waals surface area contributed by atoms with Gasteiger partial charge in [-0.15, -0.1) is 10.2 Å². The van der Waals surface area contributed by atoms with Gasteiger partial charge in [0.15, 0.2) is 11.0 Å². The van der Waals surface area contributed by atoms with Gasteiger partial charge in [-0.05, 0) is 35.9 Å². The van der Waals surface area contributed by atoms with E-state index in [4.69, 9.17) is 23.2 Å². The van der Waals surface area contributed by atoms with Crippen LogP contribution in [-0.2, 0) is 12.8 Å². The average molecular weight is 429 g/mol. The molecule has 0 fully saturated rings. The molecule has 3 nitrogen and oxygen atoms in total. The summed E-state index contributed by atoms with van der Waals surface area (Å²) < 4.78 is 3.04. The third-order valence-electron chi connectivity index (χ3n) is 3.29. The summed E-state index contributed by atoms with van der Waals surface area (Å²) in [5.41, 5.74) is 2.13. The van der Waals surface area contributed by atoms with Gasteiger partial charge in [-0.25, -0.2) is 0 Å². The Kier molecular flexibility index (Phi) is 5.31. The summed E-state index contributed by atoms with van der Waals surface area (Å²) in [6.45, 7) is 0. The standard InChI is InChI=1S/C16H12BrCl2N3S/c1-22-15(11-4-7-13(18)14(19)8-11)20-21-16(22)23-9-10-2-5-12(17)6-3-10/h2-8H,9H2,1H3. The number of nitrogens with zero attached hydrogens (tertiary/aromatic N) is 3. The minimum absolute atomic E-state index is 0.510. The smallest absolute Gasteiger partial charge is 0.191 e. The molecular formula is C16H12BrCl2N3S. The fourth-order valence-electron chi connectivity index (χ4n) is 2.06. The van der Waals surface area contributed by atoms with Crippen molar-refractivity contribution in [2.24, 2.45) is 7.05 Å². The number of aromatic nitrogens is 3. The van der Waals surface area contributed by atoms with Crippen LogP contribution in [0.3, 0.4) is 0 Å². The predicted octanol–water partition coefficient (Wildman–Crippen LogP) is 5.84. The van der Waals surface area contributed by atoms with Gasteiger partial charge in [0.2, 0.25) is 0 Å². The monoisotopic (exact) mass is 427 g/mol. The molecule has 1 heterocycles. The molecule has 0 aliphatic heterocycles. The summed E-state index contributed by atoms with van der Waals surface area (Å²) in [5, 5.41) is 10.4. The van der Waals surface area contributed by atoms with Crippen molar-refractivity contribution in [2.75, 3.05) is 0 Å². The second-order valence-electron chi connectivity index (χ2n) is 4.91. The molecule has 0 saturated heterocycles. The Bertz CT molecular complexity index is 834. The molecule has 0 unspecified atom stereocenters. The van der Waals surface area contributed by atoms with Crippen molar-refractivity contribution in [3.63, 3.8) is 0 Å². The highest BCUT2D eigenvalue weighted by Crippen LogP contribution is 2.30. The van der Waals surface area contributed by atoms with E-state index in [-0.39, 0.29) is 0 Å². The van der Waals surface area contributed by atoms with E-state index in [1.165, 1.54) is 5.56 Å². The van der Waals surface area contributed by atoms with Gasteiger partial charge in [0.25, 0.3) is 0 Å². The Morgan fingerprint density at radius 3 is 2.48 bits per heavy atom. The first-order valence-electron chi connectivity index (χ1n) is 6.76. The van der Waals surface area contributed by atoms with Gasteiger partial charge >= 0.3 is 0 Å². The Morgan fingerprint density at radius 1 is 1.04 bits per heavy atom. The van der Waals surface area contributed by atoms with E-state index in [0.717, 1.165) is 26.8 Å². The summed E-state index contributed by atoms with van der Waals surface area (Å²) in [5.74, 6) is 1.60. The van der Waals surface area contributed by atoms with E-state index >= 15 is 0 Å². The topological polar surface area (TPSA) is 30.7 Å². The molecule has 0 atom stereocenters. The lowest BCUT2D eigenvalue weighted by molar-refractivity contribution is 0.794. The first-order chi connectivity index (χ1) is 11.0. The number of halogens is 3. The van der Waals surface area contributed by atoms with Crippen LogP contribution in [-0.4, -0.2) is 14.8 Å². The van der Waals surface area contributed by atoms with Crippen molar-refractivity contribution in [3.8, 4) is 11.4 Å². The van der Waals surface area contributed by atoms with Crippen LogP contribution in [0.2, 0.25) is 10.0 Å². The lowest BCUT2D eigenvalue weighted by Crippen LogP contribution is -1.95. The largest absolute Gasteiger partial charge is 0.305 e. The number of benzene rings is 2. The molecule has 118 valence electrons. The molecule has 0 radical (unpaired) electrons. The fourth-order valence-corrected chi connectivity index (χ4v) is 3.49. The second-order valence-corrected chi connectivity index (χ2v) is 7.58. The number of hydrogen-bond donors (Lipinski definition) is 0. The number of rotatable bonds is 4. The van der Waals surface area contributed by atoms with Crippen LogP contribution in [0.5, 0.6) is 0 Å². The maximum absolute atomic E-state index is 6.08. The molecule has 23 heavy (non-hydrogen) atoms. The summed E-state index contributed by atoms with van der Waals surface area (Å²) in [4.78, 5) is 0. The van der Waals surface area contributed by atoms with E-state index in [2.05, 4.69) is 38.3 Å². The molecule has 0 N–H and O–H groups in total. The third-order valence-corrected chi connectivity index (χ3v) is 5.65. The van der Waals surface area contributed by atoms with Gasteiger partial charge in [0.1, 0.15) is 0 Å². The molecule has 0 spiro atoms. The summed E-state index contributed by atoms with van der Waals surface area (Å²) in [6.07, 6.45) is 0. The van der Waals surface area contributed by atoms with Gasteiger partial charge in [0, 0.05) is 22.8 Å². The van der Waals surface area contributed by atoms with Gasteiger partial charge < -0.3 is 4.57 Å². The van der Waals surface area contributed by atoms with Gasteiger partial charge in [-0.3, -0.25) is 0 Å². The molecule has 0 amide bonds. The van der Waals surface area contributed by atoms with E-state index in [9.17, 15) is 0 Å². The van der Waals surface area contributed by atoms with Crippen molar-refractivity contribution in [1.29, 1.82) is 0 Å². The lowest BCUT2D eigenvalue weighted by Gasteiger charge is -2.05. The first kappa shape index (κ1) is 16.8. The minimum Gasteiger partial charge on any atom is -0.305 e. The van der Waals surface area contributed by atoms with E-state index < -0.39 is 0 Å². The quantitative estimate of drug-likeness (QED) is 0.488. The Balaban J connectivity index is 1.78. The highest BCUT2D eigenvalue weighted by Gasteiger charge is 2.12. The van der Waals surface area contributed by atoms with Crippen LogP contribution in [0, 0.1) is 0 Å². The molecule has 3 aromatic rings. The molecule has 0 saturated carbocycles. The maximum atomic E-state index is 6.08. The van der Waals surface area contributed by atoms with Gasteiger partial charge in [-0.1, -0.05) is 63.0 Å². The summed E-state index contributed by atoms with van der Waals surface area (Å²) in [7, 11) is 1.95. The molecule has 0 bridgehead atoms. The Morgan fingerprint density at radius 2 is 1.78 bits per heavy atom. The van der Waals surface area contributed by atoms with Crippen LogP contribution in [0.1, 0.15) is 5.56 Å². The Labute approximate surface area is 157 Å². The summed E-state index contributed by atoms with van der Waals surface area (Å²) >= 11 is 17.1. The highest BCUT2D eigenvalue weighted by molar-refractivity contribution is 9.10. The summed E-state index contributed by atoms with van der Waals surface area (Å²) in [6, 6.07) is 13.7. The van der Waals surface area contributed by atoms with Gasteiger partial charge in [0.05, 0.1) is 10.0 Å². The predicted molar refractivity (Wildman–Crippen MR) is 100 cm³/mol. The fraction of sp³-hybridized carbons (Fsp3) is 0.125. The Hall–Kier alpha value is -1.01. The van der Waals surface area contributed by atoms with Crippen molar-refractivity contribution in [3.05, 3.63) is 62.5 Å². The molecule has 0 aliphatic rings. The number of thioether (sulfide) groups is 1. The zero-order valence-electron chi connectivity index (χ0n) is 12.1. The molecule has 7 heteroatoms. The van der Waals surface area contributed by atoms with Crippen LogP contribution >= 0.6 is 50.9 Å². The van der Waals surface area contributed by atoms with Crippen molar-refractivity contribution < 1.29 is 0 Å². The zero-order valence-corrected chi connectivity index (χ0v) is 16.0. The molecule has 3 rings (SSSR count). The van der Waals surface area contributed by atoms with E-state index in [1.807, 2.05) is 29.8 Å². The van der Waals surface area contributed by atoms with Gasteiger partial charge in [-0.2, -0.15) is 0 Å².